The van der Waals surface area contributed by atoms with Gasteiger partial charge in [-0.15, -0.1) is 0 Å². The predicted molar refractivity (Wildman–Crippen MR) is 125 cm³/mol. The van der Waals surface area contributed by atoms with E-state index < -0.39 is 14.0 Å². The van der Waals surface area contributed by atoms with Crippen molar-refractivity contribution in [1.29, 1.82) is 0 Å². The van der Waals surface area contributed by atoms with Gasteiger partial charge < -0.3 is 19.0 Å². The van der Waals surface area contributed by atoms with E-state index in [2.05, 4.69) is 49.4 Å². The Labute approximate surface area is 185 Å². The number of benzene rings is 2. The van der Waals surface area contributed by atoms with Gasteiger partial charge in [0.2, 0.25) is 5.76 Å². The maximum atomic E-state index is 11.9. The largest absolute Gasteiger partial charge is 0.500 e. The molecule has 2 rings (SSSR count). The van der Waals surface area contributed by atoms with Gasteiger partial charge in [-0.2, -0.15) is 0 Å². The molecule has 0 aliphatic rings. The highest BCUT2D eigenvalue weighted by atomic mass is 28.3. The number of rotatable bonds is 9. The molecule has 0 spiro atoms. The molecule has 0 amide bonds. The van der Waals surface area contributed by atoms with E-state index in [9.17, 15) is 4.79 Å². The van der Waals surface area contributed by atoms with Crippen LogP contribution in [0.25, 0.3) is 0 Å². The zero-order chi connectivity index (χ0) is 23.0. The van der Waals surface area contributed by atoms with Crippen molar-refractivity contribution in [3.63, 3.8) is 0 Å². The second kappa shape index (κ2) is 10.8. The lowest BCUT2D eigenvalue weighted by molar-refractivity contribution is -0.138. The van der Waals surface area contributed by atoms with Gasteiger partial charge in [0.1, 0.15) is 26.3 Å². The second-order valence-electron chi connectivity index (χ2n) is 7.99. The number of carbonyl (C=O) groups is 1. The Bertz CT molecular complexity index is 964. The van der Waals surface area contributed by atoms with Gasteiger partial charge in [0.05, 0.1) is 19.9 Å². The molecule has 2 aromatic rings. The lowest BCUT2D eigenvalue weighted by Crippen LogP contribution is -2.46. The van der Waals surface area contributed by atoms with Gasteiger partial charge in [-0.05, 0) is 32.4 Å². The van der Waals surface area contributed by atoms with E-state index >= 15 is 0 Å². The minimum Gasteiger partial charge on any atom is -0.500 e. The molecule has 6 nitrogen and oxygen atoms in total. The third kappa shape index (κ3) is 6.72. The van der Waals surface area contributed by atoms with Crippen molar-refractivity contribution in [3.8, 4) is 5.75 Å². The number of ether oxygens (including phenoxy) is 3. The first-order chi connectivity index (χ1) is 14.7. The number of aryl methyl sites for hydroxylation is 2. The molecule has 0 saturated heterocycles. The van der Waals surface area contributed by atoms with Crippen LogP contribution in [0.15, 0.2) is 59.6 Å². The summed E-state index contributed by atoms with van der Waals surface area (Å²) < 4.78 is 15.4. The zero-order valence-corrected chi connectivity index (χ0v) is 20.3. The summed E-state index contributed by atoms with van der Waals surface area (Å²) in [6.07, 6.45) is 1.78. The normalized spacial score (nSPS) is 12.4. The van der Waals surface area contributed by atoms with E-state index in [-0.39, 0.29) is 5.76 Å². The van der Waals surface area contributed by atoms with Crippen molar-refractivity contribution in [2.45, 2.75) is 33.9 Å². The molecule has 0 atom stereocenters. The van der Waals surface area contributed by atoms with Gasteiger partial charge in [-0.1, -0.05) is 65.4 Å². The maximum Gasteiger partial charge on any atom is 0.377 e. The van der Waals surface area contributed by atoms with Crippen molar-refractivity contribution in [2.75, 3.05) is 20.4 Å². The van der Waals surface area contributed by atoms with Crippen LogP contribution < -0.4 is 9.92 Å². The topological polar surface area (TPSA) is 66.3 Å². The van der Waals surface area contributed by atoms with Gasteiger partial charge in [-0.25, -0.2) is 4.79 Å². The highest BCUT2D eigenvalue weighted by Gasteiger charge is 2.25. The first kappa shape index (κ1) is 24.2. The van der Waals surface area contributed by atoms with Gasteiger partial charge in [-0.3, -0.25) is 0 Å². The van der Waals surface area contributed by atoms with E-state index in [0.29, 0.717) is 17.7 Å². The number of hydrogen-bond acceptors (Lipinski definition) is 6. The Morgan fingerprint density at radius 3 is 2.35 bits per heavy atom. The van der Waals surface area contributed by atoms with Crippen LogP contribution in [-0.2, 0) is 19.1 Å². The van der Waals surface area contributed by atoms with Gasteiger partial charge >= 0.3 is 5.97 Å². The van der Waals surface area contributed by atoms with Crippen LogP contribution in [0, 0.1) is 13.8 Å². The van der Waals surface area contributed by atoms with Crippen LogP contribution in [0.4, 0.5) is 0 Å². The lowest BCUT2D eigenvalue weighted by Gasteiger charge is -2.21. The minimum absolute atomic E-state index is 0.0399. The van der Waals surface area contributed by atoms with Crippen LogP contribution in [-0.4, -0.2) is 40.2 Å². The van der Waals surface area contributed by atoms with Gasteiger partial charge in [0.25, 0.3) is 0 Å². The van der Waals surface area contributed by atoms with Crippen LogP contribution in [0.3, 0.4) is 0 Å². The van der Waals surface area contributed by atoms with Crippen molar-refractivity contribution in [2.24, 2.45) is 5.16 Å². The van der Waals surface area contributed by atoms with Crippen LogP contribution in [0.1, 0.15) is 23.6 Å². The summed E-state index contributed by atoms with van der Waals surface area (Å²) in [4.78, 5) is 17.6. The molecule has 7 heteroatoms. The average molecular weight is 442 g/mol. The predicted octanol–water partition coefficient (Wildman–Crippen LogP) is 4.24. The molecule has 0 bridgehead atoms. The molecule has 0 aromatic heterocycles. The molecule has 0 aliphatic carbocycles. The van der Waals surface area contributed by atoms with E-state index in [1.54, 1.807) is 0 Å². The molecule has 166 valence electrons. The van der Waals surface area contributed by atoms with Crippen molar-refractivity contribution < 1.29 is 23.8 Å². The Balaban J connectivity index is 2.14. The van der Waals surface area contributed by atoms with Gasteiger partial charge in [0, 0.05) is 5.56 Å². The number of carbonyl (C=O) groups excluding carboxylic acids is 1. The molecule has 31 heavy (non-hydrogen) atoms. The molecule has 0 radical (unpaired) electrons. The molecule has 0 aliphatic heterocycles. The molecule has 2 aromatic carbocycles. The number of oxime groups is 1. The SMILES string of the molecule is COC=C(Oc1cc(C(C)=NOC[Si](C)(C)c2ccc(C)cc2)ccc1C)C(=O)OC. The molecule has 0 heterocycles. The highest BCUT2D eigenvalue weighted by Crippen LogP contribution is 2.23. The summed E-state index contributed by atoms with van der Waals surface area (Å²) in [6, 6.07) is 14.3. The van der Waals surface area contributed by atoms with Crippen LogP contribution in [0.2, 0.25) is 13.1 Å². The molecular weight excluding hydrogens is 410 g/mol. The Kier molecular flexibility index (Phi) is 8.44. The number of esters is 1. The fourth-order valence-corrected chi connectivity index (χ4v) is 4.43. The Morgan fingerprint density at radius 1 is 1.06 bits per heavy atom. The van der Waals surface area contributed by atoms with Crippen molar-refractivity contribution >= 4 is 24.9 Å². The smallest absolute Gasteiger partial charge is 0.377 e. The average Bonchev–Trinajstić information content (AvgIpc) is 2.74. The van der Waals surface area contributed by atoms with Crippen LogP contribution >= 0.6 is 0 Å². The fourth-order valence-electron chi connectivity index (χ4n) is 2.81. The summed E-state index contributed by atoms with van der Waals surface area (Å²) in [6.45, 7) is 10.4. The first-order valence-corrected chi connectivity index (χ1v) is 13.2. The monoisotopic (exact) mass is 441 g/mol. The highest BCUT2D eigenvalue weighted by molar-refractivity contribution is 6.89. The second-order valence-corrected chi connectivity index (χ2v) is 12.6. The summed E-state index contributed by atoms with van der Waals surface area (Å²) in [5, 5.41) is 5.66. The van der Waals surface area contributed by atoms with E-state index in [4.69, 9.17) is 19.0 Å². The molecular formula is C24H31NO5Si. The van der Waals surface area contributed by atoms with Crippen molar-refractivity contribution in [1.82, 2.24) is 0 Å². The standard InChI is InChI=1S/C24H31NO5Si/c1-17-8-12-21(13-9-17)31(6,7)16-29-25-19(3)20-11-10-18(2)22(14-20)30-23(15-27-4)24(26)28-5/h8-15H,16H2,1-7H3. The fraction of sp³-hybridized carbons (Fsp3) is 0.333. The van der Waals surface area contributed by atoms with E-state index in [0.717, 1.165) is 11.1 Å². The van der Waals surface area contributed by atoms with E-state index in [1.807, 2.05) is 32.0 Å². The minimum atomic E-state index is -1.76. The summed E-state index contributed by atoms with van der Waals surface area (Å²) in [5.74, 6) is -0.152. The quantitative estimate of drug-likeness (QED) is 0.145. The molecule has 0 saturated carbocycles. The number of nitrogens with zero attached hydrogens (tertiary/aromatic N) is 1. The van der Waals surface area contributed by atoms with Crippen LogP contribution in [0.5, 0.6) is 5.75 Å². The third-order valence-electron chi connectivity index (χ3n) is 4.90. The maximum absolute atomic E-state index is 11.9. The summed E-state index contributed by atoms with van der Waals surface area (Å²) in [5.41, 5.74) is 3.65. The lowest BCUT2D eigenvalue weighted by atomic mass is 10.1. The third-order valence-corrected chi connectivity index (χ3v) is 7.64. The zero-order valence-electron chi connectivity index (χ0n) is 19.3. The van der Waals surface area contributed by atoms with Gasteiger partial charge in [0.15, 0.2) is 0 Å². The number of methoxy groups -OCH3 is 2. The molecule has 0 unspecified atom stereocenters. The van der Waals surface area contributed by atoms with Crippen molar-refractivity contribution in [3.05, 3.63) is 71.2 Å². The molecule has 0 fully saturated rings. The number of hydrogen-bond donors (Lipinski definition) is 0. The summed E-state index contributed by atoms with van der Waals surface area (Å²) in [7, 11) is 0.957. The Morgan fingerprint density at radius 2 is 1.74 bits per heavy atom. The summed E-state index contributed by atoms with van der Waals surface area (Å²) >= 11 is 0. The molecule has 0 N–H and O–H groups in total. The Hall–Kier alpha value is -3.06. The van der Waals surface area contributed by atoms with E-state index in [1.165, 1.54) is 31.2 Å². The first-order valence-electron chi connectivity index (χ1n) is 10.0.